The van der Waals surface area contributed by atoms with Crippen molar-refractivity contribution in [3.8, 4) is 0 Å². The third kappa shape index (κ3) is 2.56. The lowest BCUT2D eigenvalue weighted by molar-refractivity contribution is 0.515. The molecule has 0 bridgehead atoms. The SMILES string of the molecule is C[Si](C)(C)OC1=C[C@H](c2ccccc2)c2ccccc21. The van der Waals surface area contributed by atoms with Gasteiger partial charge >= 0.3 is 0 Å². The Morgan fingerprint density at radius 1 is 0.850 bits per heavy atom. The van der Waals surface area contributed by atoms with E-state index in [1.54, 1.807) is 0 Å². The molecule has 0 amide bonds. The fraction of sp³-hybridized carbons (Fsp3) is 0.222. The van der Waals surface area contributed by atoms with E-state index in [1.807, 2.05) is 0 Å². The van der Waals surface area contributed by atoms with Crippen molar-refractivity contribution in [2.24, 2.45) is 0 Å². The predicted octanol–water partition coefficient (Wildman–Crippen LogP) is 5.02. The Kier molecular flexibility index (Phi) is 3.26. The fourth-order valence-electron chi connectivity index (χ4n) is 2.68. The van der Waals surface area contributed by atoms with E-state index in [0.717, 1.165) is 5.76 Å². The van der Waals surface area contributed by atoms with Crippen LogP contribution in [0.5, 0.6) is 0 Å². The second-order valence-corrected chi connectivity index (χ2v) is 10.6. The Hall–Kier alpha value is -1.80. The standard InChI is InChI=1S/C18H20OSi/c1-20(2,3)19-18-13-17(14-9-5-4-6-10-14)15-11-7-8-12-16(15)18/h4-13,17H,1-3H3/t17-/m1/s1. The van der Waals surface area contributed by atoms with E-state index >= 15 is 0 Å². The van der Waals surface area contributed by atoms with E-state index in [2.05, 4.69) is 80.3 Å². The number of fused-ring (bicyclic) bond motifs is 1. The van der Waals surface area contributed by atoms with Crippen LogP contribution in [0.4, 0.5) is 0 Å². The van der Waals surface area contributed by atoms with Gasteiger partial charge in [0.15, 0.2) is 0 Å². The van der Waals surface area contributed by atoms with Crippen molar-refractivity contribution in [2.75, 3.05) is 0 Å². The molecular formula is C18H20OSi. The quantitative estimate of drug-likeness (QED) is 0.717. The van der Waals surface area contributed by atoms with Crippen LogP contribution in [-0.4, -0.2) is 8.32 Å². The van der Waals surface area contributed by atoms with Gasteiger partial charge in [-0.15, -0.1) is 0 Å². The van der Waals surface area contributed by atoms with E-state index < -0.39 is 8.32 Å². The minimum Gasteiger partial charge on any atom is -0.544 e. The van der Waals surface area contributed by atoms with Gasteiger partial charge in [0.2, 0.25) is 8.32 Å². The highest BCUT2D eigenvalue weighted by Gasteiger charge is 2.28. The van der Waals surface area contributed by atoms with Crippen LogP contribution in [0.1, 0.15) is 22.6 Å². The molecule has 0 saturated carbocycles. The molecular weight excluding hydrogens is 260 g/mol. The number of hydrogen-bond donors (Lipinski definition) is 0. The average Bonchev–Trinajstić information content (AvgIpc) is 2.77. The van der Waals surface area contributed by atoms with Crippen LogP contribution in [0.25, 0.3) is 5.76 Å². The highest BCUT2D eigenvalue weighted by atomic mass is 28.4. The lowest BCUT2D eigenvalue weighted by Gasteiger charge is -2.20. The minimum atomic E-state index is -1.59. The molecule has 102 valence electrons. The normalized spacial score (nSPS) is 17.6. The molecule has 2 aromatic rings. The summed E-state index contributed by atoms with van der Waals surface area (Å²) in [5, 5.41) is 0. The van der Waals surface area contributed by atoms with Gasteiger partial charge in [-0.3, -0.25) is 0 Å². The maximum Gasteiger partial charge on any atom is 0.242 e. The molecule has 0 saturated heterocycles. The van der Waals surface area contributed by atoms with Crippen molar-refractivity contribution in [3.63, 3.8) is 0 Å². The molecule has 2 aromatic carbocycles. The van der Waals surface area contributed by atoms with Gasteiger partial charge in [0.25, 0.3) is 0 Å². The zero-order valence-electron chi connectivity index (χ0n) is 12.3. The average molecular weight is 280 g/mol. The molecule has 1 atom stereocenters. The first-order valence-corrected chi connectivity index (χ1v) is 10.5. The van der Waals surface area contributed by atoms with Gasteiger partial charge in [-0.1, -0.05) is 54.6 Å². The third-order valence-electron chi connectivity index (χ3n) is 3.45. The molecule has 0 aromatic heterocycles. The molecule has 20 heavy (non-hydrogen) atoms. The number of allylic oxidation sites excluding steroid dienone is 1. The molecule has 1 aliphatic carbocycles. The maximum atomic E-state index is 6.28. The fourth-order valence-corrected chi connectivity index (χ4v) is 3.52. The molecule has 3 rings (SSSR count). The first kappa shape index (κ1) is 13.2. The summed E-state index contributed by atoms with van der Waals surface area (Å²) in [7, 11) is -1.59. The van der Waals surface area contributed by atoms with E-state index in [1.165, 1.54) is 16.7 Å². The second kappa shape index (κ2) is 4.95. The zero-order chi connectivity index (χ0) is 14.2. The highest BCUT2D eigenvalue weighted by molar-refractivity contribution is 6.70. The van der Waals surface area contributed by atoms with Crippen LogP contribution in [0.15, 0.2) is 60.7 Å². The Balaban J connectivity index is 2.05. The largest absolute Gasteiger partial charge is 0.544 e. The summed E-state index contributed by atoms with van der Waals surface area (Å²) < 4.78 is 6.28. The van der Waals surface area contributed by atoms with Crippen LogP contribution in [0.2, 0.25) is 19.6 Å². The summed E-state index contributed by atoms with van der Waals surface area (Å²) >= 11 is 0. The molecule has 0 radical (unpaired) electrons. The monoisotopic (exact) mass is 280 g/mol. The Morgan fingerprint density at radius 2 is 1.50 bits per heavy atom. The minimum absolute atomic E-state index is 0.318. The lowest BCUT2D eigenvalue weighted by Crippen LogP contribution is -2.24. The van der Waals surface area contributed by atoms with Crippen molar-refractivity contribution in [2.45, 2.75) is 25.6 Å². The van der Waals surface area contributed by atoms with Gasteiger partial charge in [-0.2, -0.15) is 0 Å². The van der Waals surface area contributed by atoms with E-state index in [4.69, 9.17) is 4.43 Å². The van der Waals surface area contributed by atoms with Crippen LogP contribution in [0.3, 0.4) is 0 Å². The summed E-state index contributed by atoms with van der Waals surface area (Å²) in [6.45, 7) is 6.69. The summed E-state index contributed by atoms with van der Waals surface area (Å²) in [5.74, 6) is 1.38. The first-order chi connectivity index (χ1) is 9.54. The van der Waals surface area contributed by atoms with Gasteiger partial charge in [0, 0.05) is 11.5 Å². The van der Waals surface area contributed by atoms with Crippen molar-refractivity contribution in [1.29, 1.82) is 0 Å². The predicted molar refractivity (Wildman–Crippen MR) is 87.1 cm³/mol. The molecule has 1 nitrogen and oxygen atoms in total. The summed E-state index contributed by atoms with van der Waals surface area (Å²) in [5.41, 5.74) is 3.94. The number of benzene rings is 2. The summed E-state index contributed by atoms with van der Waals surface area (Å²) in [4.78, 5) is 0. The molecule has 0 unspecified atom stereocenters. The van der Waals surface area contributed by atoms with Crippen LogP contribution < -0.4 is 0 Å². The molecule has 0 spiro atoms. The van der Waals surface area contributed by atoms with E-state index in [0.29, 0.717) is 5.92 Å². The van der Waals surface area contributed by atoms with Crippen LogP contribution >= 0.6 is 0 Å². The van der Waals surface area contributed by atoms with Gasteiger partial charge < -0.3 is 4.43 Å². The first-order valence-electron chi connectivity index (χ1n) is 7.10. The van der Waals surface area contributed by atoms with Crippen molar-refractivity contribution in [1.82, 2.24) is 0 Å². The van der Waals surface area contributed by atoms with Crippen LogP contribution in [-0.2, 0) is 4.43 Å². The van der Waals surface area contributed by atoms with Crippen molar-refractivity contribution in [3.05, 3.63) is 77.4 Å². The zero-order valence-corrected chi connectivity index (χ0v) is 13.3. The molecule has 0 fully saturated rings. The Morgan fingerprint density at radius 3 is 2.20 bits per heavy atom. The molecule has 0 aliphatic heterocycles. The molecule has 0 N–H and O–H groups in total. The lowest BCUT2D eigenvalue weighted by atomic mass is 9.93. The molecule has 2 heteroatoms. The second-order valence-electron chi connectivity index (χ2n) is 6.22. The maximum absolute atomic E-state index is 6.28. The number of hydrogen-bond acceptors (Lipinski definition) is 1. The Labute approximate surface area is 122 Å². The molecule has 1 aliphatic rings. The van der Waals surface area contributed by atoms with Gasteiger partial charge in [0.1, 0.15) is 5.76 Å². The molecule has 0 heterocycles. The highest BCUT2D eigenvalue weighted by Crippen LogP contribution is 2.41. The van der Waals surface area contributed by atoms with Gasteiger partial charge in [-0.05, 0) is 36.8 Å². The van der Waals surface area contributed by atoms with Crippen molar-refractivity contribution < 1.29 is 4.43 Å². The third-order valence-corrected chi connectivity index (χ3v) is 4.29. The summed E-state index contributed by atoms with van der Waals surface area (Å²) in [6, 6.07) is 19.2. The summed E-state index contributed by atoms with van der Waals surface area (Å²) in [6.07, 6.45) is 2.28. The van der Waals surface area contributed by atoms with Gasteiger partial charge in [-0.25, -0.2) is 0 Å². The van der Waals surface area contributed by atoms with Crippen LogP contribution in [0, 0.1) is 0 Å². The Bertz CT molecular complexity index is 638. The smallest absolute Gasteiger partial charge is 0.242 e. The van der Waals surface area contributed by atoms with E-state index in [-0.39, 0.29) is 0 Å². The van der Waals surface area contributed by atoms with Gasteiger partial charge in [0.05, 0.1) is 0 Å². The van der Waals surface area contributed by atoms with E-state index in [9.17, 15) is 0 Å². The van der Waals surface area contributed by atoms with Crippen molar-refractivity contribution >= 4 is 14.1 Å². The topological polar surface area (TPSA) is 9.23 Å². The number of rotatable bonds is 3.